The number of fused-ring (bicyclic) bond motifs is 1. The van der Waals surface area contributed by atoms with Gasteiger partial charge in [0.2, 0.25) is 0 Å². The Bertz CT molecular complexity index is 569. The zero-order valence-corrected chi connectivity index (χ0v) is 14.5. The van der Waals surface area contributed by atoms with Gasteiger partial charge in [0, 0.05) is 23.4 Å². The molecule has 3 nitrogen and oxygen atoms in total. The summed E-state index contributed by atoms with van der Waals surface area (Å²) in [5, 5.41) is 3.49. The predicted molar refractivity (Wildman–Crippen MR) is 93.7 cm³/mol. The van der Waals surface area contributed by atoms with Crippen molar-refractivity contribution in [2.45, 2.75) is 46.0 Å². The van der Waals surface area contributed by atoms with Crippen molar-refractivity contribution in [2.24, 2.45) is 5.92 Å². The van der Waals surface area contributed by atoms with Crippen LogP contribution in [0.1, 0.15) is 46.0 Å². The summed E-state index contributed by atoms with van der Waals surface area (Å²) < 4.78 is 0.963. The largest absolute Gasteiger partial charge is 0.383 e. The first-order valence-electron chi connectivity index (χ1n) is 7.81. The maximum atomic E-state index is 4.46. The molecule has 0 fully saturated rings. The van der Waals surface area contributed by atoms with Crippen molar-refractivity contribution in [3.05, 3.63) is 29.0 Å². The molecular weight excluding hydrogens is 326 g/mol. The van der Waals surface area contributed by atoms with E-state index in [1.807, 2.05) is 24.5 Å². The van der Waals surface area contributed by atoms with Gasteiger partial charge in [-0.15, -0.1) is 0 Å². The maximum Gasteiger partial charge on any atom is 0.112 e. The van der Waals surface area contributed by atoms with E-state index in [-0.39, 0.29) is 0 Å². The molecule has 21 heavy (non-hydrogen) atoms. The Morgan fingerprint density at radius 3 is 2.76 bits per heavy atom. The van der Waals surface area contributed by atoms with Crippen molar-refractivity contribution in [1.29, 1.82) is 0 Å². The standard InChI is InChI=1S/C17H24BrN3/c1-13(2)7-5-3-4-6-9-19-15-8-10-20-16-11-14(18)12-21-17(15)16/h8,10-13H,3-7,9H2,1-2H3,(H,19,20). The average molecular weight is 350 g/mol. The Balaban J connectivity index is 1.79. The third-order valence-electron chi connectivity index (χ3n) is 3.57. The minimum atomic E-state index is 0.830. The zero-order chi connectivity index (χ0) is 15.1. The molecule has 1 N–H and O–H groups in total. The molecule has 2 aromatic rings. The van der Waals surface area contributed by atoms with E-state index >= 15 is 0 Å². The van der Waals surface area contributed by atoms with Crippen LogP contribution in [0.4, 0.5) is 5.69 Å². The normalized spacial score (nSPS) is 11.2. The first kappa shape index (κ1) is 16.2. The van der Waals surface area contributed by atoms with Crippen LogP contribution in [0.2, 0.25) is 0 Å². The smallest absolute Gasteiger partial charge is 0.112 e. The highest BCUT2D eigenvalue weighted by Crippen LogP contribution is 2.22. The summed E-state index contributed by atoms with van der Waals surface area (Å²) >= 11 is 3.43. The van der Waals surface area contributed by atoms with E-state index in [0.29, 0.717) is 0 Å². The van der Waals surface area contributed by atoms with Gasteiger partial charge in [-0.1, -0.05) is 39.5 Å². The Labute approximate surface area is 135 Å². The highest BCUT2D eigenvalue weighted by molar-refractivity contribution is 9.10. The van der Waals surface area contributed by atoms with Gasteiger partial charge in [0.1, 0.15) is 5.52 Å². The van der Waals surface area contributed by atoms with Crippen LogP contribution >= 0.6 is 15.9 Å². The molecular formula is C17H24BrN3. The second kappa shape index (κ2) is 8.32. The fourth-order valence-corrected chi connectivity index (χ4v) is 2.72. The Kier molecular flexibility index (Phi) is 6.43. The van der Waals surface area contributed by atoms with E-state index in [0.717, 1.165) is 33.7 Å². The lowest BCUT2D eigenvalue weighted by Gasteiger charge is -2.09. The van der Waals surface area contributed by atoms with Crippen LogP contribution in [0.5, 0.6) is 0 Å². The van der Waals surface area contributed by atoms with Gasteiger partial charge in [-0.3, -0.25) is 9.97 Å². The maximum absolute atomic E-state index is 4.46. The highest BCUT2D eigenvalue weighted by atomic mass is 79.9. The van der Waals surface area contributed by atoms with Crippen LogP contribution in [0.15, 0.2) is 29.0 Å². The summed E-state index contributed by atoms with van der Waals surface area (Å²) in [5.41, 5.74) is 2.95. The van der Waals surface area contributed by atoms with Gasteiger partial charge >= 0.3 is 0 Å². The number of nitrogens with zero attached hydrogens (tertiary/aromatic N) is 2. The van der Waals surface area contributed by atoms with Gasteiger partial charge in [0.25, 0.3) is 0 Å². The molecule has 0 saturated carbocycles. The number of aromatic nitrogens is 2. The van der Waals surface area contributed by atoms with Crippen molar-refractivity contribution < 1.29 is 0 Å². The number of anilines is 1. The first-order chi connectivity index (χ1) is 10.2. The highest BCUT2D eigenvalue weighted by Gasteiger charge is 2.03. The van der Waals surface area contributed by atoms with Crippen molar-refractivity contribution in [1.82, 2.24) is 9.97 Å². The lowest BCUT2D eigenvalue weighted by Crippen LogP contribution is -2.03. The van der Waals surface area contributed by atoms with Crippen LogP contribution in [0.3, 0.4) is 0 Å². The quantitative estimate of drug-likeness (QED) is 0.647. The lowest BCUT2D eigenvalue weighted by molar-refractivity contribution is 0.523. The third kappa shape index (κ3) is 5.27. The summed E-state index contributed by atoms with van der Waals surface area (Å²) in [5.74, 6) is 0.830. The molecule has 0 aliphatic rings. The Morgan fingerprint density at radius 1 is 1.14 bits per heavy atom. The number of unbranched alkanes of at least 4 members (excludes halogenated alkanes) is 3. The van der Waals surface area contributed by atoms with Gasteiger partial charge in [-0.2, -0.15) is 0 Å². The summed E-state index contributed by atoms with van der Waals surface area (Å²) in [6.07, 6.45) is 10.2. The molecule has 0 atom stereocenters. The molecule has 0 unspecified atom stereocenters. The molecule has 0 radical (unpaired) electrons. The van der Waals surface area contributed by atoms with E-state index in [2.05, 4.69) is 45.1 Å². The number of halogens is 1. The van der Waals surface area contributed by atoms with E-state index in [9.17, 15) is 0 Å². The minimum Gasteiger partial charge on any atom is -0.383 e. The second-order valence-corrected chi connectivity index (χ2v) is 6.82. The molecule has 0 aromatic carbocycles. The van der Waals surface area contributed by atoms with E-state index in [1.54, 1.807) is 0 Å². The van der Waals surface area contributed by atoms with E-state index < -0.39 is 0 Å². The molecule has 0 amide bonds. The van der Waals surface area contributed by atoms with Crippen molar-refractivity contribution >= 4 is 32.7 Å². The molecule has 2 rings (SSSR count). The van der Waals surface area contributed by atoms with Crippen LogP contribution in [0, 0.1) is 5.92 Å². The minimum absolute atomic E-state index is 0.830. The average Bonchev–Trinajstić information content (AvgIpc) is 2.45. The fourth-order valence-electron chi connectivity index (χ4n) is 2.40. The monoisotopic (exact) mass is 349 g/mol. The SMILES string of the molecule is CC(C)CCCCCCNc1ccnc2cc(Br)cnc12. The number of rotatable bonds is 8. The van der Waals surface area contributed by atoms with Crippen LogP contribution < -0.4 is 5.32 Å². The van der Waals surface area contributed by atoms with Crippen LogP contribution in [0.25, 0.3) is 11.0 Å². The van der Waals surface area contributed by atoms with Crippen LogP contribution in [-0.4, -0.2) is 16.5 Å². The van der Waals surface area contributed by atoms with Gasteiger partial charge in [-0.05, 0) is 40.4 Å². The van der Waals surface area contributed by atoms with E-state index in [1.165, 1.54) is 32.1 Å². The number of hydrogen-bond acceptors (Lipinski definition) is 3. The van der Waals surface area contributed by atoms with Crippen molar-refractivity contribution in [3.63, 3.8) is 0 Å². The first-order valence-corrected chi connectivity index (χ1v) is 8.60. The number of pyridine rings is 2. The third-order valence-corrected chi connectivity index (χ3v) is 4.00. The Morgan fingerprint density at radius 2 is 1.95 bits per heavy atom. The van der Waals surface area contributed by atoms with Crippen LogP contribution in [-0.2, 0) is 0 Å². The molecule has 4 heteroatoms. The zero-order valence-electron chi connectivity index (χ0n) is 12.9. The van der Waals surface area contributed by atoms with Gasteiger partial charge in [0.05, 0.1) is 11.2 Å². The summed E-state index contributed by atoms with van der Waals surface area (Å²) in [4.78, 5) is 8.81. The molecule has 114 valence electrons. The van der Waals surface area contributed by atoms with Gasteiger partial charge < -0.3 is 5.32 Å². The molecule has 2 heterocycles. The Hall–Kier alpha value is -1.16. The summed E-state index contributed by atoms with van der Waals surface area (Å²) in [6, 6.07) is 4.00. The van der Waals surface area contributed by atoms with Gasteiger partial charge in [0.15, 0.2) is 0 Å². The number of hydrogen-bond donors (Lipinski definition) is 1. The molecule has 0 spiro atoms. The lowest BCUT2D eigenvalue weighted by atomic mass is 10.0. The molecule has 0 saturated heterocycles. The van der Waals surface area contributed by atoms with Gasteiger partial charge in [-0.25, -0.2) is 0 Å². The molecule has 0 aliphatic heterocycles. The second-order valence-electron chi connectivity index (χ2n) is 5.90. The van der Waals surface area contributed by atoms with Crippen molar-refractivity contribution in [2.75, 3.05) is 11.9 Å². The molecule has 2 aromatic heterocycles. The van der Waals surface area contributed by atoms with E-state index in [4.69, 9.17) is 0 Å². The summed E-state index contributed by atoms with van der Waals surface area (Å²) in [6.45, 7) is 5.58. The predicted octanol–water partition coefficient (Wildman–Crippen LogP) is 5.41. The summed E-state index contributed by atoms with van der Waals surface area (Å²) in [7, 11) is 0. The molecule has 0 bridgehead atoms. The van der Waals surface area contributed by atoms with Crippen molar-refractivity contribution in [3.8, 4) is 0 Å². The number of nitrogens with one attached hydrogen (secondary N) is 1. The fraction of sp³-hybridized carbons (Fsp3) is 0.529. The molecule has 0 aliphatic carbocycles. The topological polar surface area (TPSA) is 37.8 Å².